The summed E-state index contributed by atoms with van der Waals surface area (Å²) >= 11 is 0. The number of aryl methyl sites for hydroxylation is 2. The fourth-order valence-electron chi connectivity index (χ4n) is 2.32. The van der Waals surface area contributed by atoms with Crippen LogP contribution in [0.15, 0.2) is 28.7 Å². The van der Waals surface area contributed by atoms with Crippen molar-refractivity contribution in [2.45, 2.75) is 20.3 Å². The van der Waals surface area contributed by atoms with E-state index in [4.69, 9.17) is 13.9 Å². The molecule has 20 heavy (non-hydrogen) atoms. The first-order valence-electron chi connectivity index (χ1n) is 6.66. The molecule has 0 atom stereocenters. The first-order valence-corrected chi connectivity index (χ1v) is 6.66. The van der Waals surface area contributed by atoms with E-state index in [1.54, 1.807) is 31.2 Å². The Hall–Kier alpha value is -2.23. The molecule has 0 saturated carbocycles. The van der Waals surface area contributed by atoms with Crippen LogP contribution in [0, 0.1) is 13.8 Å². The summed E-state index contributed by atoms with van der Waals surface area (Å²) in [6.07, 6.45) is 0.845. The number of fused-ring (bicyclic) bond motifs is 1. The van der Waals surface area contributed by atoms with Gasteiger partial charge in [0.05, 0.1) is 18.8 Å². The van der Waals surface area contributed by atoms with Crippen LogP contribution in [0.1, 0.15) is 33.9 Å². The Morgan fingerprint density at radius 2 is 1.80 bits per heavy atom. The summed E-state index contributed by atoms with van der Waals surface area (Å²) in [6, 6.07) is 7.05. The summed E-state index contributed by atoms with van der Waals surface area (Å²) in [5.74, 6) is 2.64. The van der Waals surface area contributed by atoms with E-state index in [-0.39, 0.29) is 5.78 Å². The maximum Gasteiger partial charge on any atom is 0.196 e. The van der Waals surface area contributed by atoms with Crippen LogP contribution in [-0.4, -0.2) is 19.0 Å². The molecule has 1 aliphatic rings. The summed E-state index contributed by atoms with van der Waals surface area (Å²) < 4.78 is 16.6. The summed E-state index contributed by atoms with van der Waals surface area (Å²) in [4.78, 5) is 12.5. The van der Waals surface area contributed by atoms with Gasteiger partial charge in [-0.1, -0.05) is 0 Å². The van der Waals surface area contributed by atoms with Crippen LogP contribution in [0.5, 0.6) is 11.5 Å². The highest BCUT2D eigenvalue weighted by molar-refractivity contribution is 6.10. The van der Waals surface area contributed by atoms with E-state index >= 15 is 0 Å². The predicted molar refractivity (Wildman–Crippen MR) is 73.7 cm³/mol. The molecule has 0 radical (unpaired) electrons. The van der Waals surface area contributed by atoms with E-state index in [9.17, 15) is 4.79 Å². The SMILES string of the molecule is Cc1cc(C(=O)c2ccc3c(c2)OCCCO3)c(C)o1. The highest BCUT2D eigenvalue weighted by Gasteiger charge is 2.18. The predicted octanol–water partition coefficient (Wildman–Crippen LogP) is 3.29. The van der Waals surface area contributed by atoms with E-state index < -0.39 is 0 Å². The minimum Gasteiger partial charge on any atom is -0.490 e. The maximum atomic E-state index is 12.5. The number of carbonyl (C=O) groups is 1. The second-order valence-corrected chi connectivity index (χ2v) is 4.87. The zero-order valence-corrected chi connectivity index (χ0v) is 11.6. The molecule has 0 fully saturated rings. The molecule has 4 heteroatoms. The number of hydrogen-bond acceptors (Lipinski definition) is 4. The highest BCUT2D eigenvalue weighted by atomic mass is 16.5. The Morgan fingerprint density at radius 3 is 2.50 bits per heavy atom. The van der Waals surface area contributed by atoms with Gasteiger partial charge in [-0.05, 0) is 38.1 Å². The number of ether oxygens (including phenoxy) is 2. The minimum atomic E-state index is -0.0602. The number of ketones is 1. The number of rotatable bonds is 2. The molecule has 2 aromatic rings. The number of benzene rings is 1. The number of furan rings is 1. The van der Waals surface area contributed by atoms with Gasteiger partial charge in [-0.3, -0.25) is 4.79 Å². The molecule has 0 bridgehead atoms. The van der Waals surface area contributed by atoms with Gasteiger partial charge in [0, 0.05) is 12.0 Å². The van der Waals surface area contributed by atoms with Crippen LogP contribution in [0.25, 0.3) is 0 Å². The first-order chi connectivity index (χ1) is 9.65. The molecule has 0 spiro atoms. The monoisotopic (exact) mass is 272 g/mol. The summed E-state index contributed by atoms with van der Waals surface area (Å²) in [7, 11) is 0. The standard InChI is InChI=1S/C16H16O4/c1-10-8-13(11(2)20-10)16(17)12-4-5-14-15(9-12)19-7-3-6-18-14/h4-5,8-9H,3,6-7H2,1-2H3. The third-order valence-electron chi connectivity index (χ3n) is 3.30. The Balaban J connectivity index is 1.96. The normalized spacial score (nSPS) is 13.9. The molecule has 0 amide bonds. The maximum absolute atomic E-state index is 12.5. The lowest BCUT2D eigenvalue weighted by molar-refractivity contribution is 0.103. The van der Waals surface area contributed by atoms with Crippen molar-refractivity contribution in [3.63, 3.8) is 0 Å². The van der Waals surface area contributed by atoms with E-state index in [1.165, 1.54) is 0 Å². The zero-order chi connectivity index (χ0) is 14.1. The van der Waals surface area contributed by atoms with Crippen molar-refractivity contribution >= 4 is 5.78 Å². The molecule has 3 rings (SSSR count). The lowest BCUT2D eigenvalue weighted by atomic mass is 10.0. The Labute approximate surface area is 117 Å². The van der Waals surface area contributed by atoms with Gasteiger partial charge in [-0.2, -0.15) is 0 Å². The highest BCUT2D eigenvalue weighted by Crippen LogP contribution is 2.31. The number of hydrogen-bond donors (Lipinski definition) is 0. The topological polar surface area (TPSA) is 48.7 Å². The Bertz CT molecular complexity index is 654. The Kier molecular flexibility index (Phi) is 3.22. The van der Waals surface area contributed by atoms with Crippen LogP contribution in [-0.2, 0) is 0 Å². The van der Waals surface area contributed by atoms with Crippen LogP contribution in [0.3, 0.4) is 0 Å². The van der Waals surface area contributed by atoms with E-state index in [2.05, 4.69) is 0 Å². The molecular weight excluding hydrogens is 256 g/mol. The van der Waals surface area contributed by atoms with Crippen molar-refractivity contribution in [2.75, 3.05) is 13.2 Å². The van der Waals surface area contributed by atoms with Crippen molar-refractivity contribution in [3.05, 3.63) is 46.9 Å². The third kappa shape index (κ3) is 2.29. The molecule has 1 aliphatic heterocycles. The second-order valence-electron chi connectivity index (χ2n) is 4.87. The summed E-state index contributed by atoms with van der Waals surface area (Å²) in [5, 5.41) is 0. The van der Waals surface area contributed by atoms with Crippen LogP contribution in [0.2, 0.25) is 0 Å². The second kappa shape index (κ2) is 5.04. The molecule has 1 aromatic carbocycles. The van der Waals surface area contributed by atoms with Crippen LogP contribution >= 0.6 is 0 Å². The van der Waals surface area contributed by atoms with Gasteiger partial charge in [-0.15, -0.1) is 0 Å². The lowest BCUT2D eigenvalue weighted by Gasteiger charge is -2.08. The summed E-state index contributed by atoms with van der Waals surface area (Å²) in [6.45, 7) is 4.87. The van der Waals surface area contributed by atoms with E-state index in [1.807, 2.05) is 6.92 Å². The molecule has 0 N–H and O–H groups in total. The molecule has 0 saturated heterocycles. The molecule has 0 unspecified atom stereocenters. The minimum absolute atomic E-state index is 0.0602. The van der Waals surface area contributed by atoms with Crippen molar-refractivity contribution in [1.29, 1.82) is 0 Å². The largest absolute Gasteiger partial charge is 0.490 e. The van der Waals surface area contributed by atoms with Crippen LogP contribution < -0.4 is 9.47 Å². The van der Waals surface area contributed by atoms with E-state index in [0.29, 0.717) is 41.6 Å². The van der Waals surface area contributed by atoms with Crippen molar-refractivity contribution in [1.82, 2.24) is 0 Å². The zero-order valence-electron chi connectivity index (χ0n) is 11.6. The fourth-order valence-corrected chi connectivity index (χ4v) is 2.32. The molecular formula is C16H16O4. The van der Waals surface area contributed by atoms with Gasteiger partial charge in [0.15, 0.2) is 17.3 Å². The van der Waals surface area contributed by atoms with Crippen molar-refractivity contribution in [3.8, 4) is 11.5 Å². The fraction of sp³-hybridized carbons (Fsp3) is 0.312. The average molecular weight is 272 g/mol. The summed E-state index contributed by atoms with van der Waals surface area (Å²) in [5.41, 5.74) is 1.18. The quantitative estimate of drug-likeness (QED) is 0.787. The van der Waals surface area contributed by atoms with Crippen molar-refractivity contribution < 1.29 is 18.7 Å². The van der Waals surface area contributed by atoms with Crippen molar-refractivity contribution in [2.24, 2.45) is 0 Å². The van der Waals surface area contributed by atoms with E-state index in [0.717, 1.165) is 12.2 Å². The van der Waals surface area contributed by atoms with Gasteiger partial charge in [0.1, 0.15) is 11.5 Å². The first kappa shape index (κ1) is 12.8. The van der Waals surface area contributed by atoms with Gasteiger partial charge >= 0.3 is 0 Å². The smallest absolute Gasteiger partial charge is 0.196 e. The molecule has 4 nitrogen and oxygen atoms in total. The molecule has 104 valence electrons. The molecule has 0 aliphatic carbocycles. The van der Waals surface area contributed by atoms with Gasteiger partial charge in [0.25, 0.3) is 0 Å². The van der Waals surface area contributed by atoms with Crippen LogP contribution in [0.4, 0.5) is 0 Å². The Morgan fingerprint density at radius 1 is 1.05 bits per heavy atom. The lowest BCUT2D eigenvalue weighted by Crippen LogP contribution is -2.02. The average Bonchev–Trinajstić information content (AvgIpc) is 2.65. The third-order valence-corrected chi connectivity index (χ3v) is 3.30. The molecule has 2 heterocycles. The van der Waals surface area contributed by atoms with Gasteiger partial charge in [0.2, 0.25) is 0 Å². The van der Waals surface area contributed by atoms with Gasteiger partial charge in [-0.25, -0.2) is 0 Å². The van der Waals surface area contributed by atoms with Gasteiger partial charge < -0.3 is 13.9 Å². The number of carbonyl (C=O) groups excluding carboxylic acids is 1. The molecule has 1 aromatic heterocycles.